The molecule has 0 bridgehead atoms. The number of fused-ring (bicyclic) bond motifs is 1. The molecular formula is C38H42N4O6S. The largest absolute Gasteiger partial charge is 0.493 e. The van der Waals surface area contributed by atoms with Gasteiger partial charge in [-0.25, -0.2) is 13.1 Å². The van der Waals surface area contributed by atoms with Crippen LogP contribution in [0.4, 0.5) is 5.69 Å². The first-order valence-corrected chi connectivity index (χ1v) is 18.1. The Balaban J connectivity index is 1.24. The van der Waals surface area contributed by atoms with E-state index in [4.69, 9.17) is 9.47 Å². The highest BCUT2D eigenvalue weighted by Gasteiger charge is 2.43. The lowest BCUT2D eigenvalue weighted by molar-refractivity contribution is 0.0575. The molecule has 4 aromatic rings. The molecule has 0 saturated carbocycles. The summed E-state index contributed by atoms with van der Waals surface area (Å²) in [5.74, 6) is -0.0518. The molecule has 0 aliphatic carbocycles. The average molecular weight is 683 g/mol. The molecule has 6 rings (SSSR count). The minimum atomic E-state index is -3.68. The van der Waals surface area contributed by atoms with Gasteiger partial charge in [0, 0.05) is 38.8 Å². The third-order valence-corrected chi connectivity index (χ3v) is 10.8. The number of piperazine rings is 1. The van der Waals surface area contributed by atoms with Crippen molar-refractivity contribution in [1.29, 1.82) is 0 Å². The molecule has 0 spiro atoms. The number of hydrogen-bond acceptors (Lipinski definition) is 8. The Bertz CT molecular complexity index is 1900. The van der Waals surface area contributed by atoms with E-state index in [1.165, 1.54) is 24.7 Å². The highest BCUT2D eigenvalue weighted by molar-refractivity contribution is 7.88. The van der Waals surface area contributed by atoms with Crippen molar-refractivity contribution in [2.24, 2.45) is 0 Å². The van der Waals surface area contributed by atoms with Crippen molar-refractivity contribution < 1.29 is 27.5 Å². The molecular weight excluding hydrogens is 641 g/mol. The maximum absolute atomic E-state index is 14.4. The molecule has 49 heavy (non-hydrogen) atoms. The summed E-state index contributed by atoms with van der Waals surface area (Å²) in [5, 5.41) is 0. The number of carbonyl (C=O) groups is 2. The third kappa shape index (κ3) is 7.34. The maximum Gasteiger partial charge on any atom is 0.264 e. The van der Waals surface area contributed by atoms with Crippen LogP contribution < -0.4 is 19.1 Å². The standard InChI is InChI=1S/C38H42N4O6S/c1-27(29-13-8-5-9-14-29)40-21-23-41(24-22-40)33-16-10-15-31-36(33)38(44)42(37(31)43)32(30-17-18-34(47-2)35(25-30)48-3)19-20-39-49(45,46)26-28-11-6-4-7-12-28/h4-18,25,27,32,39H,19-24,26H2,1-3H3/t27?,32-/m1/s1. The lowest BCUT2D eigenvalue weighted by atomic mass is 10.0. The number of carbonyl (C=O) groups excluding carboxylic acids is 2. The zero-order valence-electron chi connectivity index (χ0n) is 28.0. The number of benzene rings is 4. The number of hydrogen-bond donors (Lipinski definition) is 1. The highest BCUT2D eigenvalue weighted by atomic mass is 32.2. The van der Waals surface area contributed by atoms with Crippen LogP contribution >= 0.6 is 0 Å². The smallest absolute Gasteiger partial charge is 0.264 e. The monoisotopic (exact) mass is 682 g/mol. The van der Waals surface area contributed by atoms with Crippen LogP contribution in [0.3, 0.4) is 0 Å². The van der Waals surface area contributed by atoms with Crippen LogP contribution in [-0.4, -0.2) is 77.0 Å². The summed E-state index contributed by atoms with van der Waals surface area (Å²) in [6.45, 7) is 5.25. The van der Waals surface area contributed by atoms with Gasteiger partial charge in [-0.05, 0) is 54.3 Å². The SMILES string of the molecule is COc1ccc([C@@H](CCNS(=O)(=O)Cc2ccccc2)N2C(=O)c3cccc(N4CCN(C(C)c5ccccc5)CC4)c3C2=O)cc1OC. The van der Waals surface area contributed by atoms with E-state index in [1.54, 1.807) is 48.5 Å². The van der Waals surface area contributed by atoms with E-state index in [2.05, 4.69) is 45.7 Å². The molecule has 0 aromatic heterocycles. The van der Waals surface area contributed by atoms with Crippen molar-refractivity contribution in [3.63, 3.8) is 0 Å². The molecule has 10 nitrogen and oxygen atoms in total. The molecule has 0 radical (unpaired) electrons. The van der Waals surface area contributed by atoms with Crippen LogP contribution in [0.25, 0.3) is 0 Å². The second-order valence-corrected chi connectivity index (χ2v) is 14.2. The van der Waals surface area contributed by atoms with Crippen molar-refractivity contribution in [2.75, 3.05) is 51.8 Å². The fourth-order valence-corrected chi connectivity index (χ4v) is 7.99. The number of sulfonamides is 1. The van der Waals surface area contributed by atoms with Crippen molar-refractivity contribution in [1.82, 2.24) is 14.5 Å². The lowest BCUT2D eigenvalue weighted by Gasteiger charge is -2.39. The molecule has 2 amide bonds. The molecule has 4 aromatic carbocycles. The van der Waals surface area contributed by atoms with Crippen LogP contribution in [0.2, 0.25) is 0 Å². The maximum atomic E-state index is 14.4. The number of rotatable bonds is 13. The van der Waals surface area contributed by atoms with Gasteiger partial charge in [-0.2, -0.15) is 0 Å². The van der Waals surface area contributed by atoms with Crippen molar-refractivity contribution in [3.05, 3.63) is 125 Å². The van der Waals surface area contributed by atoms with Gasteiger partial charge >= 0.3 is 0 Å². The summed E-state index contributed by atoms with van der Waals surface area (Å²) in [4.78, 5) is 34.4. The topological polar surface area (TPSA) is 108 Å². The Kier molecular flexibility index (Phi) is 10.3. The van der Waals surface area contributed by atoms with E-state index in [0.29, 0.717) is 46.8 Å². The average Bonchev–Trinajstić information content (AvgIpc) is 3.39. The normalized spacial score (nSPS) is 16.4. The Labute approximate surface area is 288 Å². The van der Waals surface area contributed by atoms with Gasteiger partial charge in [-0.3, -0.25) is 19.4 Å². The van der Waals surface area contributed by atoms with Crippen LogP contribution in [0.1, 0.15) is 62.8 Å². The minimum absolute atomic E-state index is 0.00992. The summed E-state index contributed by atoms with van der Waals surface area (Å²) in [6.07, 6.45) is 0.153. The fourth-order valence-electron chi connectivity index (χ4n) is 6.83. The Hall–Kier alpha value is -4.71. The molecule has 2 atom stereocenters. The van der Waals surface area contributed by atoms with Crippen LogP contribution in [0, 0.1) is 0 Å². The molecule has 2 aliphatic heterocycles. The molecule has 1 N–H and O–H groups in total. The van der Waals surface area contributed by atoms with Crippen LogP contribution in [0.15, 0.2) is 97.1 Å². The molecule has 1 fully saturated rings. The number of anilines is 1. The Morgan fingerprint density at radius 3 is 2.10 bits per heavy atom. The van der Waals surface area contributed by atoms with Crippen molar-refractivity contribution >= 4 is 27.5 Å². The van der Waals surface area contributed by atoms with Gasteiger partial charge in [0.2, 0.25) is 10.0 Å². The van der Waals surface area contributed by atoms with Crippen molar-refractivity contribution in [3.8, 4) is 11.5 Å². The second kappa shape index (κ2) is 14.8. The number of amides is 2. The first kappa shape index (κ1) is 34.2. The summed E-state index contributed by atoms with van der Waals surface area (Å²) in [7, 11) is -0.635. The first-order valence-electron chi connectivity index (χ1n) is 16.5. The second-order valence-electron chi connectivity index (χ2n) is 12.3. The van der Waals surface area contributed by atoms with E-state index in [0.717, 1.165) is 18.8 Å². The Morgan fingerprint density at radius 2 is 1.43 bits per heavy atom. The minimum Gasteiger partial charge on any atom is -0.493 e. The van der Waals surface area contributed by atoms with Crippen LogP contribution in [-0.2, 0) is 15.8 Å². The predicted molar refractivity (Wildman–Crippen MR) is 190 cm³/mol. The van der Waals surface area contributed by atoms with E-state index in [-0.39, 0.29) is 24.8 Å². The highest BCUT2D eigenvalue weighted by Crippen LogP contribution is 2.40. The first-order chi connectivity index (χ1) is 23.7. The predicted octanol–water partition coefficient (Wildman–Crippen LogP) is 5.43. The number of methoxy groups -OCH3 is 2. The number of nitrogens with one attached hydrogen (secondary N) is 1. The van der Waals surface area contributed by atoms with Crippen molar-refractivity contribution in [2.45, 2.75) is 31.2 Å². The zero-order chi connectivity index (χ0) is 34.5. The quantitative estimate of drug-likeness (QED) is 0.186. The Morgan fingerprint density at radius 1 is 0.755 bits per heavy atom. The van der Waals surface area contributed by atoms with Gasteiger partial charge in [0.05, 0.1) is 42.8 Å². The number of nitrogens with zero attached hydrogens (tertiary/aromatic N) is 3. The number of ether oxygens (including phenoxy) is 2. The zero-order valence-corrected chi connectivity index (χ0v) is 28.9. The van der Waals surface area contributed by atoms with Gasteiger partial charge in [0.1, 0.15) is 0 Å². The van der Waals surface area contributed by atoms with Gasteiger partial charge in [-0.1, -0.05) is 72.8 Å². The van der Waals surface area contributed by atoms with E-state index < -0.39 is 27.9 Å². The molecule has 2 heterocycles. The van der Waals surface area contributed by atoms with Gasteiger partial charge in [0.25, 0.3) is 11.8 Å². The molecule has 1 unspecified atom stereocenters. The van der Waals surface area contributed by atoms with Gasteiger partial charge < -0.3 is 14.4 Å². The van der Waals surface area contributed by atoms with Gasteiger partial charge in [-0.15, -0.1) is 0 Å². The lowest BCUT2D eigenvalue weighted by Crippen LogP contribution is -2.47. The molecule has 256 valence electrons. The van der Waals surface area contributed by atoms with E-state index in [1.807, 2.05) is 24.3 Å². The fraction of sp³-hybridized carbons (Fsp3) is 0.316. The van der Waals surface area contributed by atoms with Crippen LogP contribution in [0.5, 0.6) is 11.5 Å². The van der Waals surface area contributed by atoms with Gasteiger partial charge in [0.15, 0.2) is 11.5 Å². The summed E-state index contributed by atoms with van der Waals surface area (Å²) < 4.78 is 39.6. The van der Waals surface area contributed by atoms with E-state index in [9.17, 15) is 18.0 Å². The summed E-state index contributed by atoms with van der Waals surface area (Å²) in [6, 6.07) is 29.5. The summed E-state index contributed by atoms with van der Waals surface area (Å²) in [5.41, 5.74) is 4.01. The molecule has 1 saturated heterocycles. The molecule has 2 aliphatic rings. The molecule has 11 heteroatoms. The third-order valence-electron chi connectivity index (χ3n) is 9.45. The van der Waals surface area contributed by atoms with E-state index >= 15 is 0 Å². The number of imide groups is 1. The summed E-state index contributed by atoms with van der Waals surface area (Å²) >= 11 is 0.